The minimum atomic E-state index is -0.167. The molecule has 1 amide bonds. The van der Waals surface area contributed by atoms with Gasteiger partial charge >= 0.3 is 0 Å². The highest BCUT2D eigenvalue weighted by Gasteiger charge is 2.12. The molecule has 1 aromatic rings. The Labute approximate surface area is 128 Å². The summed E-state index contributed by atoms with van der Waals surface area (Å²) < 4.78 is 5.66. The van der Waals surface area contributed by atoms with Gasteiger partial charge in [-0.15, -0.1) is 0 Å². The van der Waals surface area contributed by atoms with Crippen LogP contribution >= 0.6 is 0 Å². The Hall–Kier alpha value is -1.55. The third kappa shape index (κ3) is 8.35. The summed E-state index contributed by atoms with van der Waals surface area (Å²) >= 11 is 0. The second-order valence-corrected chi connectivity index (χ2v) is 6.54. The first-order valence-electron chi connectivity index (χ1n) is 7.53. The van der Waals surface area contributed by atoms with Crippen molar-refractivity contribution in [2.75, 3.05) is 6.54 Å². The first kappa shape index (κ1) is 17.5. The number of rotatable bonds is 7. The maximum Gasteiger partial charge on any atom is 0.221 e. The summed E-state index contributed by atoms with van der Waals surface area (Å²) in [6, 6.07) is 8.03. The van der Waals surface area contributed by atoms with Gasteiger partial charge in [0.15, 0.2) is 0 Å². The van der Waals surface area contributed by atoms with Crippen LogP contribution in [0, 0.1) is 0 Å². The standard InChI is InChI=1S/C17H28N2O2/c1-13(2)21-15-8-6-7-14(11-15)12-18-10-9-16(20)19-17(3,4)5/h6-8,11,13,18H,9-10,12H2,1-5H3,(H,19,20). The second kappa shape index (κ2) is 8.03. The van der Waals surface area contributed by atoms with Crippen molar-refractivity contribution in [2.45, 2.75) is 59.2 Å². The van der Waals surface area contributed by atoms with E-state index in [1.807, 2.05) is 52.8 Å². The van der Waals surface area contributed by atoms with Gasteiger partial charge in [0.05, 0.1) is 6.10 Å². The Kier molecular flexibility index (Phi) is 6.69. The van der Waals surface area contributed by atoms with E-state index in [4.69, 9.17) is 4.74 Å². The lowest BCUT2D eigenvalue weighted by Crippen LogP contribution is -2.41. The summed E-state index contributed by atoms with van der Waals surface area (Å²) in [7, 11) is 0. The minimum Gasteiger partial charge on any atom is -0.491 e. The zero-order valence-electron chi connectivity index (χ0n) is 13.8. The second-order valence-electron chi connectivity index (χ2n) is 6.54. The van der Waals surface area contributed by atoms with Crippen molar-refractivity contribution in [3.05, 3.63) is 29.8 Å². The number of benzene rings is 1. The maximum atomic E-state index is 11.7. The number of hydrogen-bond donors (Lipinski definition) is 2. The molecule has 4 heteroatoms. The van der Waals surface area contributed by atoms with Crippen molar-refractivity contribution in [1.82, 2.24) is 10.6 Å². The number of carbonyl (C=O) groups excluding carboxylic acids is 1. The highest BCUT2D eigenvalue weighted by Crippen LogP contribution is 2.14. The lowest BCUT2D eigenvalue weighted by molar-refractivity contribution is -0.122. The normalized spacial score (nSPS) is 11.5. The van der Waals surface area contributed by atoms with E-state index >= 15 is 0 Å². The van der Waals surface area contributed by atoms with Crippen LogP contribution in [0.5, 0.6) is 5.75 Å². The molecular weight excluding hydrogens is 264 g/mol. The minimum absolute atomic E-state index is 0.0758. The average molecular weight is 292 g/mol. The molecule has 0 unspecified atom stereocenters. The molecule has 1 rings (SSSR count). The maximum absolute atomic E-state index is 11.7. The van der Waals surface area contributed by atoms with Gasteiger partial charge in [-0.1, -0.05) is 12.1 Å². The van der Waals surface area contributed by atoms with E-state index in [9.17, 15) is 4.79 Å². The quantitative estimate of drug-likeness (QED) is 0.760. The lowest BCUT2D eigenvalue weighted by atomic mass is 10.1. The monoisotopic (exact) mass is 292 g/mol. The van der Waals surface area contributed by atoms with E-state index in [1.165, 1.54) is 0 Å². The molecule has 1 aromatic carbocycles. The molecule has 21 heavy (non-hydrogen) atoms. The highest BCUT2D eigenvalue weighted by molar-refractivity contribution is 5.76. The highest BCUT2D eigenvalue weighted by atomic mass is 16.5. The fourth-order valence-corrected chi connectivity index (χ4v) is 1.92. The molecule has 118 valence electrons. The third-order valence-corrected chi connectivity index (χ3v) is 2.64. The predicted octanol–water partition coefficient (Wildman–Crippen LogP) is 2.87. The Morgan fingerprint density at radius 3 is 2.62 bits per heavy atom. The van der Waals surface area contributed by atoms with Crippen LogP contribution in [0.15, 0.2) is 24.3 Å². The summed E-state index contributed by atoms with van der Waals surface area (Å²) in [5, 5.41) is 6.23. The molecule has 0 aliphatic heterocycles. The van der Waals surface area contributed by atoms with Gasteiger partial charge in [-0.25, -0.2) is 0 Å². The molecule has 0 aromatic heterocycles. The summed E-state index contributed by atoms with van der Waals surface area (Å²) in [5.41, 5.74) is 0.990. The number of ether oxygens (including phenoxy) is 1. The molecule has 0 spiro atoms. The van der Waals surface area contributed by atoms with E-state index in [2.05, 4.69) is 16.7 Å². The Bertz CT molecular complexity index is 450. The van der Waals surface area contributed by atoms with Crippen LogP contribution in [-0.4, -0.2) is 24.1 Å². The smallest absolute Gasteiger partial charge is 0.221 e. The van der Waals surface area contributed by atoms with Crippen LogP contribution in [0.1, 0.15) is 46.6 Å². The van der Waals surface area contributed by atoms with Crippen molar-refractivity contribution >= 4 is 5.91 Å². The van der Waals surface area contributed by atoms with E-state index in [0.717, 1.165) is 17.9 Å². The van der Waals surface area contributed by atoms with Crippen LogP contribution in [0.3, 0.4) is 0 Å². The van der Waals surface area contributed by atoms with Gasteiger partial charge in [0.1, 0.15) is 5.75 Å². The molecule has 0 aliphatic carbocycles. The zero-order valence-corrected chi connectivity index (χ0v) is 13.8. The number of hydrogen-bond acceptors (Lipinski definition) is 3. The topological polar surface area (TPSA) is 50.4 Å². The molecule has 0 radical (unpaired) electrons. The largest absolute Gasteiger partial charge is 0.491 e. The third-order valence-electron chi connectivity index (χ3n) is 2.64. The SMILES string of the molecule is CC(C)Oc1cccc(CNCCC(=O)NC(C)(C)C)c1. The fraction of sp³-hybridized carbons (Fsp3) is 0.588. The van der Waals surface area contributed by atoms with Crippen LogP contribution in [0.25, 0.3) is 0 Å². The first-order chi connectivity index (χ1) is 9.76. The van der Waals surface area contributed by atoms with Crippen LogP contribution in [-0.2, 0) is 11.3 Å². The molecule has 0 saturated carbocycles. The Morgan fingerprint density at radius 2 is 2.00 bits per heavy atom. The van der Waals surface area contributed by atoms with Crippen molar-refractivity contribution in [2.24, 2.45) is 0 Å². The van der Waals surface area contributed by atoms with E-state index < -0.39 is 0 Å². The van der Waals surface area contributed by atoms with Gasteiger partial charge in [0, 0.05) is 25.0 Å². The molecule has 0 bridgehead atoms. The fourth-order valence-electron chi connectivity index (χ4n) is 1.92. The molecule has 0 saturated heterocycles. The molecule has 0 atom stereocenters. The van der Waals surface area contributed by atoms with Gasteiger partial charge in [0.25, 0.3) is 0 Å². The lowest BCUT2D eigenvalue weighted by Gasteiger charge is -2.20. The van der Waals surface area contributed by atoms with Crippen molar-refractivity contribution in [1.29, 1.82) is 0 Å². The number of nitrogens with one attached hydrogen (secondary N) is 2. The zero-order chi connectivity index (χ0) is 15.9. The molecule has 0 aliphatic rings. The number of carbonyl (C=O) groups is 1. The van der Waals surface area contributed by atoms with Crippen LogP contribution in [0.4, 0.5) is 0 Å². The summed E-state index contributed by atoms with van der Waals surface area (Å²) in [5.74, 6) is 0.960. The van der Waals surface area contributed by atoms with E-state index in [1.54, 1.807) is 0 Å². The van der Waals surface area contributed by atoms with Crippen molar-refractivity contribution in [3.63, 3.8) is 0 Å². The van der Waals surface area contributed by atoms with Crippen LogP contribution < -0.4 is 15.4 Å². The van der Waals surface area contributed by atoms with Gasteiger partial charge < -0.3 is 15.4 Å². The Balaban J connectivity index is 2.31. The summed E-state index contributed by atoms with van der Waals surface area (Å²) in [6.45, 7) is 11.4. The van der Waals surface area contributed by atoms with Crippen molar-refractivity contribution in [3.8, 4) is 5.75 Å². The van der Waals surface area contributed by atoms with Crippen LogP contribution in [0.2, 0.25) is 0 Å². The van der Waals surface area contributed by atoms with Gasteiger partial charge in [-0.2, -0.15) is 0 Å². The summed E-state index contributed by atoms with van der Waals surface area (Å²) in [6.07, 6.45) is 0.661. The molecule has 0 fully saturated rings. The van der Waals surface area contributed by atoms with Gasteiger partial charge in [-0.3, -0.25) is 4.79 Å². The van der Waals surface area contributed by atoms with Crippen molar-refractivity contribution < 1.29 is 9.53 Å². The average Bonchev–Trinajstić information content (AvgIpc) is 2.32. The molecule has 4 nitrogen and oxygen atoms in total. The van der Waals surface area contributed by atoms with Gasteiger partial charge in [0.2, 0.25) is 5.91 Å². The molecular formula is C17H28N2O2. The van der Waals surface area contributed by atoms with E-state index in [0.29, 0.717) is 13.0 Å². The molecule has 2 N–H and O–H groups in total. The molecule has 0 heterocycles. The summed E-state index contributed by atoms with van der Waals surface area (Å²) in [4.78, 5) is 11.7. The van der Waals surface area contributed by atoms with E-state index in [-0.39, 0.29) is 17.6 Å². The first-order valence-corrected chi connectivity index (χ1v) is 7.53. The number of amides is 1. The Morgan fingerprint density at radius 1 is 1.29 bits per heavy atom. The predicted molar refractivity (Wildman–Crippen MR) is 86.4 cm³/mol. The van der Waals surface area contributed by atoms with Gasteiger partial charge in [-0.05, 0) is 52.3 Å².